The molecule has 1 atom stereocenters. The number of rotatable bonds is 2. The fraction of sp³-hybridized carbons (Fsp3) is 0.235. The van der Waals surface area contributed by atoms with Gasteiger partial charge in [-0.25, -0.2) is 0 Å². The molecule has 0 radical (unpaired) electrons. The number of thiophene rings is 1. The lowest BCUT2D eigenvalue weighted by atomic mass is 9.91. The molecule has 3 aromatic rings. The van der Waals surface area contributed by atoms with Gasteiger partial charge in [0.25, 0.3) is 5.91 Å². The number of aryl methyl sites for hydroxylation is 1. The quantitative estimate of drug-likeness (QED) is 0.736. The van der Waals surface area contributed by atoms with Crippen molar-refractivity contribution in [1.82, 2.24) is 10.3 Å². The molecular formula is C17H16N2OS. The van der Waals surface area contributed by atoms with Crippen molar-refractivity contribution in [3.8, 4) is 0 Å². The second kappa shape index (κ2) is 5.04. The first-order chi connectivity index (χ1) is 10.3. The van der Waals surface area contributed by atoms with Gasteiger partial charge in [-0.15, -0.1) is 11.3 Å². The number of aromatic nitrogens is 1. The molecule has 21 heavy (non-hydrogen) atoms. The van der Waals surface area contributed by atoms with Crippen LogP contribution in [0.5, 0.6) is 0 Å². The van der Waals surface area contributed by atoms with Crippen molar-refractivity contribution in [3.05, 3.63) is 57.9 Å². The van der Waals surface area contributed by atoms with Gasteiger partial charge in [0.1, 0.15) is 0 Å². The molecule has 2 aromatic heterocycles. The molecule has 1 aliphatic rings. The highest BCUT2D eigenvalue weighted by Crippen LogP contribution is 2.34. The van der Waals surface area contributed by atoms with Crippen molar-refractivity contribution in [2.24, 2.45) is 0 Å². The summed E-state index contributed by atoms with van der Waals surface area (Å²) in [4.78, 5) is 16.6. The number of nitrogens with one attached hydrogen (secondary N) is 2. The Morgan fingerprint density at radius 3 is 3.00 bits per heavy atom. The Morgan fingerprint density at radius 1 is 1.24 bits per heavy atom. The monoisotopic (exact) mass is 296 g/mol. The maximum atomic E-state index is 12.3. The average molecular weight is 296 g/mol. The average Bonchev–Trinajstić information content (AvgIpc) is 3.15. The van der Waals surface area contributed by atoms with Gasteiger partial charge >= 0.3 is 0 Å². The van der Waals surface area contributed by atoms with Crippen LogP contribution in [0.4, 0.5) is 0 Å². The molecule has 2 N–H and O–H groups in total. The molecule has 2 heterocycles. The van der Waals surface area contributed by atoms with Gasteiger partial charge in [-0.05, 0) is 42.3 Å². The number of aromatic amines is 1. The standard InChI is InChI=1S/C17H16N2OS/c20-17(15-9-4-10-21-15)19-14-8-3-6-12-11-5-1-2-7-13(11)18-16(12)14/h1-2,4-5,7,9-10,14,18H,3,6,8H2,(H,19,20)/t14-/m0/s1. The molecule has 4 rings (SSSR count). The molecule has 0 aliphatic heterocycles. The minimum absolute atomic E-state index is 0.0292. The SMILES string of the molecule is O=C(N[C@H]1CCCc2c1[nH]c1ccccc21)c1cccs1. The summed E-state index contributed by atoms with van der Waals surface area (Å²) in [5, 5.41) is 6.41. The third-order valence-electron chi connectivity index (χ3n) is 4.16. The third kappa shape index (κ3) is 2.16. The molecule has 1 amide bonds. The first kappa shape index (κ1) is 12.7. The number of hydrogen-bond acceptors (Lipinski definition) is 2. The van der Waals surface area contributed by atoms with Gasteiger partial charge in [0.15, 0.2) is 0 Å². The molecular weight excluding hydrogens is 280 g/mol. The first-order valence-electron chi connectivity index (χ1n) is 7.27. The van der Waals surface area contributed by atoms with Crippen molar-refractivity contribution >= 4 is 28.1 Å². The second-order valence-corrected chi connectivity index (χ2v) is 6.41. The van der Waals surface area contributed by atoms with Crippen LogP contribution >= 0.6 is 11.3 Å². The Hall–Kier alpha value is -2.07. The molecule has 4 heteroatoms. The minimum Gasteiger partial charge on any atom is -0.356 e. The van der Waals surface area contributed by atoms with E-state index < -0.39 is 0 Å². The highest BCUT2D eigenvalue weighted by Gasteiger charge is 2.25. The molecule has 1 aromatic carbocycles. The van der Waals surface area contributed by atoms with Crippen LogP contribution in [0.25, 0.3) is 10.9 Å². The molecule has 0 unspecified atom stereocenters. The fourth-order valence-electron chi connectivity index (χ4n) is 3.20. The van der Waals surface area contributed by atoms with Crippen LogP contribution in [-0.4, -0.2) is 10.9 Å². The molecule has 3 nitrogen and oxygen atoms in total. The van der Waals surface area contributed by atoms with Crippen LogP contribution in [0.15, 0.2) is 41.8 Å². The highest BCUT2D eigenvalue weighted by molar-refractivity contribution is 7.12. The molecule has 0 fully saturated rings. The van der Waals surface area contributed by atoms with Crippen LogP contribution in [0.1, 0.15) is 39.8 Å². The Labute approximate surface area is 127 Å². The van der Waals surface area contributed by atoms with E-state index in [0.29, 0.717) is 0 Å². The number of carbonyl (C=O) groups excluding carboxylic acids is 1. The van der Waals surface area contributed by atoms with E-state index in [1.807, 2.05) is 23.6 Å². The normalized spacial score (nSPS) is 17.6. The summed E-state index contributed by atoms with van der Waals surface area (Å²) < 4.78 is 0. The molecule has 0 saturated carbocycles. The van der Waals surface area contributed by atoms with Crippen molar-refractivity contribution in [2.75, 3.05) is 0 Å². The van der Waals surface area contributed by atoms with Gasteiger partial charge in [-0.2, -0.15) is 0 Å². The zero-order chi connectivity index (χ0) is 14.2. The van der Waals surface area contributed by atoms with E-state index in [0.717, 1.165) is 24.1 Å². The largest absolute Gasteiger partial charge is 0.356 e. The lowest BCUT2D eigenvalue weighted by Crippen LogP contribution is -2.30. The highest BCUT2D eigenvalue weighted by atomic mass is 32.1. The molecule has 0 spiro atoms. The topological polar surface area (TPSA) is 44.9 Å². The summed E-state index contributed by atoms with van der Waals surface area (Å²) in [6.45, 7) is 0. The molecule has 106 valence electrons. The van der Waals surface area contributed by atoms with Crippen LogP contribution in [-0.2, 0) is 6.42 Å². The zero-order valence-electron chi connectivity index (χ0n) is 11.6. The summed E-state index contributed by atoms with van der Waals surface area (Å²) >= 11 is 1.48. The fourth-order valence-corrected chi connectivity index (χ4v) is 3.82. The summed E-state index contributed by atoms with van der Waals surface area (Å²) in [6.07, 6.45) is 3.20. The predicted octanol–water partition coefficient (Wildman–Crippen LogP) is 4.04. The van der Waals surface area contributed by atoms with Gasteiger partial charge in [0.05, 0.1) is 10.9 Å². The number of carbonyl (C=O) groups is 1. The van der Waals surface area contributed by atoms with E-state index in [1.165, 1.54) is 33.5 Å². The van der Waals surface area contributed by atoms with E-state index in [9.17, 15) is 4.79 Å². The Balaban J connectivity index is 1.68. The van der Waals surface area contributed by atoms with Crippen LogP contribution in [0.2, 0.25) is 0 Å². The van der Waals surface area contributed by atoms with Gasteiger partial charge in [0, 0.05) is 16.6 Å². The Morgan fingerprint density at radius 2 is 2.14 bits per heavy atom. The van der Waals surface area contributed by atoms with Crippen LogP contribution in [0, 0.1) is 0 Å². The number of benzene rings is 1. The van der Waals surface area contributed by atoms with Crippen molar-refractivity contribution < 1.29 is 4.79 Å². The Bertz CT molecular complexity index is 788. The van der Waals surface area contributed by atoms with Crippen LogP contribution < -0.4 is 5.32 Å². The Kier molecular flexibility index (Phi) is 3.04. The summed E-state index contributed by atoms with van der Waals surface area (Å²) in [5.41, 5.74) is 3.72. The lowest BCUT2D eigenvalue weighted by Gasteiger charge is -2.23. The minimum atomic E-state index is 0.0292. The predicted molar refractivity (Wildman–Crippen MR) is 85.8 cm³/mol. The van der Waals surface area contributed by atoms with E-state index in [4.69, 9.17) is 0 Å². The van der Waals surface area contributed by atoms with Gasteiger partial charge in [-0.3, -0.25) is 4.79 Å². The number of para-hydroxylation sites is 1. The number of hydrogen-bond donors (Lipinski definition) is 2. The van der Waals surface area contributed by atoms with E-state index in [-0.39, 0.29) is 11.9 Å². The van der Waals surface area contributed by atoms with Crippen LogP contribution in [0.3, 0.4) is 0 Å². The maximum absolute atomic E-state index is 12.3. The summed E-state index contributed by atoms with van der Waals surface area (Å²) in [6, 6.07) is 12.3. The first-order valence-corrected chi connectivity index (χ1v) is 8.15. The van der Waals surface area contributed by atoms with Gasteiger partial charge in [0.2, 0.25) is 0 Å². The van der Waals surface area contributed by atoms with E-state index in [1.54, 1.807) is 0 Å². The van der Waals surface area contributed by atoms with E-state index in [2.05, 4.69) is 28.5 Å². The van der Waals surface area contributed by atoms with E-state index >= 15 is 0 Å². The number of H-pyrrole nitrogens is 1. The third-order valence-corrected chi connectivity index (χ3v) is 5.03. The van der Waals surface area contributed by atoms with Crippen molar-refractivity contribution in [2.45, 2.75) is 25.3 Å². The van der Waals surface area contributed by atoms with Crippen molar-refractivity contribution in [1.29, 1.82) is 0 Å². The number of fused-ring (bicyclic) bond motifs is 3. The van der Waals surface area contributed by atoms with Crippen molar-refractivity contribution in [3.63, 3.8) is 0 Å². The van der Waals surface area contributed by atoms with Gasteiger partial charge < -0.3 is 10.3 Å². The molecule has 1 aliphatic carbocycles. The molecule has 0 bridgehead atoms. The lowest BCUT2D eigenvalue weighted by molar-refractivity contribution is 0.0936. The molecule has 0 saturated heterocycles. The van der Waals surface area contributed by atoms with Gasteiger partial charge in [-0.1, -0.05) is 24.3 Å². The second-order valence-electron chi connectivity index (χ2n) is 5.46. The summed E-state index contributed by atoms with van der Waals surface area (Å²) in [7, 11) is 0. The maximum Gasteiger partial charge on any atom is 0.261 e. The number of amides is 1. The summed E-state index contributed by atoms with van der Waals surface area (Å²) in [5.74, 6) is 0.0292. The zero-order valence-corrected chi connectivity index (χ0v) is 12.4. The smallest absolute Gasteiger partial charge is 0.261 e.